The summed E-state index contributed by atoms with van der Waals surface area (Å²) in [5, 5.41) is 7.24. The first kappa shape index (κ1) is 17.5. The summed E-state index contributed by atoms with van der Waals surface area (Å²) in [5.74, 6) is 0.534. The van der Waals surface area contributed by atoms with Gasteiger partial charge in [0.2, 0.25) is 0 Å². The van der Waals surface area contributed by atoms with Crippen LogP contribution in [0.15, 0.2) is 47.6 Å². The molecule has 2 aromatic carbocycles. The van der Waals surface area contributed by atoms with Gasteiger partial charge in [-0.2, -0.15) is 5.10 Å². The Morgan fingerprint density at radius 3 is 2.71 bits per heavy atom. The fraction of sp³-hybridized carbons (Fsp3) is 0.263. The number of hydrogen-bond donors (Lipinski definition) is 2. The number of ether oxygens (including phenoxy) is 1. The Labute approximate surface area is 142 Å². The van der Waals surface area contributed by atoms with Gasteiger partial charge in [-0.25, -0.2) is 5.43 Å². The number of nitrogens with one attached hydrogen (secondary N) is 2. The summed E-state index contributed by atoms with van der Waals surface area (Å²) >= 11 is 0. The summed E-state index contributed by atoms with van der Waals surface area (Å²) in [6.45, 7) is 6.08. The fourth-order valence-corrected chi connectivity index (χ4v) is 2.29. The molecular weight excluding hydrogens is 302 g/mol. The molecule has 0 fully saturated rings. The number of methoxy groups -OCH3 is 1. The van der Waals surface area contributed by atoms with Gasteiger partial charge in [0.15, 0.2) is 0 Å². The molecule has 24 heavy (non-hydrogen) atoms. The third kappa shape index (κ3) is 4.84. The summed E-state index contributed by atoms with van der Waals surface area (Å²) < 4.78 is 5.15. The average Bonchev–Trinajstić information content (AvgIpc) is 2.60. The number of hydrazone groups is 1. The van der Waals surface area contributed by atoms with Crippen molar-refractivity contribution in [2.24, 2.45) is 5.10 Å². The van der Waals surface area contributed by atoms with Gasteiger partial charge in [0.05, 0.1) is 19.4 Å². The zero-order valence-electron chi connectivity index (χ0n) is 14.5. The van der Waals surface area contributed by atoms with Crippen LogP contribution in [-0.2, 0) is 4.79 Å². The van der Waals surface area contributed by atoms with Gasteiger partial charge in [-0.15, -0.1) is 0 Å². The number of aryl methyl sites for hydroxylation is 2. The number of rotatable bonds is 6. The summed E-state index contributed by atoms with van der Waals surface area (Å²) in [5.41, 5.74) is 7.52. The average molecular weight is 325 g/mol. The molecule has 0 spiro atoms. The summed E-state index contributed by atoms with van der Waals surface area (Å²) in [7, 11) is 1.61. The van der Waals surface area contributed by atoms with Crippen LogP contribution in [0.4, 0.5) is 5.69 Å². The van der Waals surface area contributed by atoms with Crippen LogP contribution >= 0.6 is 0 Å². The van der Waals surface area contributed by atoms with Crippen molar-refractivity contribution >= 4 is 17.3 Å². The molecule has 2 N–H and O–H groups in total. The van der Waals surface area contributed by atoms with Crippen molar-refractivity contribution in [1.82, 2.24) is 5.43 Å². The Morgan fingerprint density at radius 1 is 1.17 bits per heavy atom. The third-order valence-corrected chi connectivity index (χ3v) is 3.65. The van der Waals surface area contributed by atoms with Crippen molar-refractivity contribution in [3.8, 4) is 5.75 Å². The Hall–Kier alpha value is -2.82. The highest BCUT2D eigenvalue weighted by molar-refractivity contribution is 6.00. The predicted molar refractivity (Wildman–Crippen MR) is 97.8 cm³/mol. The number of amides is 1. The maximum absolute atomic E-state index is 11.9. The number of hydrogen-bond acceptors (Lipinski definition) is 4. The van der Waals surface area contributed by atoms with Gasteiger partial charge in [-0.3, -0.25) is 4.79 Å². The molecule has 0 aliphatic rings. The van der Waals surface area contributed by atoms with Crippen molar-refractivity contribution in [1.29, 1.82) is 0 Å². The smallest absolute Gasteiger partial charge is 0.259 e. The van der Waals surface area contributed by atoms with E-state index in [1.807, 2.05) is 45.0 Å². The zero-order valence-corrected chi connectivity index (χ0v) is 14.5. The molecule has 0 saturated heterocycles. The molecule has 2 rings (SSSR count). The van der Waals surface area contributed by atoms with E-state index in [4.69, 9.17) is 4.74 Å². The fourth-order valence-electron chi connectivity index (χ4n) is 2.29. The van der Waals surface area contributed by atoms with Crippen LogP contribution in [-0.4, -0.2) is 25.3 Å². The Bertz CT molecular complexity index is 754. The molecule has 2 aromatic rings. The molecule has 5 heteroatoms. The van der Waals surface area contributed by atoms with E-state index >= 15 is 0 Å². The van der Waals surface area contributed by atoms with Crippen LogP contribution in [0.1, 0.15) is 23.6 Å². The van der Waals surface area contributed by atoms with E-state index in [1.54, 1.807) is 7.11 Å². The minimum Gasteiger partial charge on any atom is -0.497 e. The van der Waals surface area contributed by atoms with Crippen molar-refractivity contribution in [2.75, 3.05) is 19.0 Å². The molecule has 0 aromatic heterocycles. The highest BCUT2D eigenvalue weighted by Gasteiger charge is 2.05. The summed E-state index contributed by atoms with van der Waals surface area (Å²) in [6.07, 6.45) is 0. The van der Waals surface area contributed by atoms with Crippen LogP contribution in [0.5, 0.6) is 5.75 Å². The molecule has 126 valence electrons. The van der Waals surface area contributed by atoms with Crippen LogP contribution < -0.4 is 15.5 Å². The number of benzene rings is 2. The van der Waals surface area contributed by atoms with Gasteiger partial charge in [0.1, 0.15) is 5.75 Å². The normalized spacial score (nSPS) is 11.1. The second-order valence-electron chi connectivity index (χ2n) is 5.64. The molecule has 0 aliphatic heterocycles. The molecular formula is C19H23N3O2. The molecule has 0 saturated carbocycles. The van der Waals surface area contributed by atoms with Gasteiger partial charge in [-0.05, 0) is 44.5 Å². The molecule has 0 radical (unpaired) electrons. The predicted octanol–water partition coefficient (Wildman–Crippen LogP) is 3.26. The molecule has 0 unspecified atom stereocenters. The Kier molecular flexibility index (Phi) is 5.95. The standard InChI is InChI=1S/C19H23N3O2/c1-13-8-9-14(2)18(10-13)15(3)21-22-19(23)12-20-16-6-5-7-17(11-16)24-4/h5-11,20H,12H2,1-4H3,(H,22,23)/b21-15-. The molecule has 1 amide bonds. The van der Waals surface area contributed by atoms with E-state index in [0.717, 1.165) is 33.8 Å². The third-order valence-electron chi connectivity index (χ3n) is 3.65. The van der Waals surface area contributed by atoms with Crippen molar-refractivity contribution in [2.45, 2.75) is 20.8 Å². The van der Waals surface area contributed by atoms with E-state index in [1.165, 1.54) is 0 Å². The van der Waals surface area contributed by atoms with Crippen LogP contribution in [0.2, 0.25) is 0 Å². The molecule has 5 nitrogen and oxygen atoms in total. The van der Waals surface area contributed by atoms with E-state index in [0.29, 0.717) is 0 Å². The Morgan fingerprint density at radius 2 is 1.96 bits per heavy atom. The second-order valence-corrected chi connectivity index (χ2v) is 5.64. The monoisotopic (exact) mass is 325 g/mol. The van der Waals surface area contributed by atoms with Crippen LogP contribution in [0.3, 0.4) is 0 Å². The minimum absolute atomic E-state index is 0.136. The number of nitrogens with zero attached hydrogens (tertiary/aromatic N) is 1. The lowest BCUT2D eigenvalue weighted by Crippen LogP contribution is -2.26. The largest absolute Gasteiger partial charge is 0.497 e. The quantitative estimate of drug-likeness (QED) is 0.633. The molecule has 0 bridgehead atoms. The van der Waals surface area contributed by atoms with Crippen LogP contribution in [0.25, 0.3) is 0 Å². The first-order valence-corrected chi connectivity index (χ1v) is 7.78. The second kappa shape index (κ2) is 8.15. The molecule has 0 heterocycles. The lowest BCUT2D eigenvalue weighted by molar-refractivity contribution is -0.119. The first-order chi connectivity index (χ1) is 11.5. The van der Waals surface area contributed by atoms with Crippen molar-refractivity contribution in [3.05, 3.63) is 59.2 Å². The minimum atomic E-state index is -0.206. The molecule has 0 atom stereocenters. The van der Waals surface area contributed by atoms with Gasteiger partial charge < -0.3 is 10.1 Å². The maximum atomic E-state index is 11.9. The zero-order chi connectivity index (χ0) is 17.5. The summed E-state index contributed by atoms with van der Waals surface area (Å²) in [6, 6.07) is 13.6. The number of carbonyl (C=O) groups excluding carboxylic acids is 1. The SMILES string of the molecule is COc1cccc(NCC(=O)N/N=C(/C)c2cc(C)ccc2C)c1. The van der Waals surface area contributed by atoms with Crippen molar-refractivity contribution in [3.63, 3.8) is 0 Å². The van der Waals surface area contributed by atoms with Crippen molar-refractivity contribution < 1.29 is 9.53 Å². The summed E-state index contributed by atoms with van der Waals surface area (Å²) in [4.78, 5) is 11.9. The highest BCUT2D eigenvalue weighted by atomic mass is 16.5. The van der Waals surface area contributed by atoms with Gasteiger partial charge in [0.25, 0.3) is 5.91 Å². The Balaban J connectivity index is 1.93. The van der Waals surface area contributed by atoms with Gasteiger partial charge in [-0.1, -0.05) is 23.8 Å². The lowest BCUT2D eigenvalue weighted by Gasteiger charge is -2.09. The van der Waals surface area contributed by atoms with Gasteiger partial charge >= 0.3 is 0 Å². The first-order valence-electron chi connectivity index (χ1n) is 7.78. The number of carbonyl (C=O) groups is 1. The van der Waals surface area contributed by atoms with E-state index in [-0.39, 0.29) is 12.5 Å². The number of anilines is 1. The van der Waals surface area contributed by atoms with E-state index in [9.17, 15) is 4.79 Å². The topological polar surface area (TPSA) is 62.7 Å². The maximum Gasteiger partial charge on any atom is 0.259 e. The van der Waals surface area contributed by atoms with E-state index in [2.05, 4.69) is 34.0 Å². The highest BCUT2D eigenvalue weighted by Crippen LogP contribution is 2.16. The lowest BCUT2D eigenvalue weighted by atomic mass is 10.0. The van der Waals surface area contributed by atoms with Gasteiger partial charge in [0, 0.05) is 17.3 Å². The molecule has 0 aliphatic carbocycles. The van der Waals surface area contributed by atoms with Crippen LogP contribution in [0, 0.1) is 13.8 Å². The van der Waals surface area contributed by atoms with E-state index < -0.39 is 0 Å².